The Morgan fingerprint density at radius 1 is 1.43 bits per heavy atom. The van der Waals surface area contributed by atoms with Crippen LogP contribution in [0.15, 0.2) is 4.52 Å². The van der Waals surface area contributed by atoms with Gasteiger partial charge in [0.2, 0.25) is 10.0 Å². The molecule has 0 radical (unpaired) electrons. The van der Waals surface area contributed by atoms with Gasteiger partial charge in [-0.2, -0.15) is 0 Å². The third-order valence-corrected chi connectivity index (χ3v) is 5.70. The molecule has 0 aromatic carbocycles. The summed E-state index contributed by atoms with van der Waals surface area (Å²) >= 11 is 0. The predicted molar refractivity (Wildman–Crippen MR) is 76.6 cm³/mol. The fraction of sp³-hybridized carbons (Fsp3) is 0.769. The van der Waals surface area contributed by atoms with Gasteiger partial charge in [-0.1, -0.05) is 5.16 Å². The van der Waals surface area contributed by atoms with E-state index in [-0.39, 0.29) is 12.6 Å². The van der Waals surface area contributed by atoms with Crippen LogP contribution >= 0.6 is 0 Å². The minimum atomic E-state index is -3.50. The molecule has 2 rings (SSSR count). The second-order valence-electron chi connectivity index (χ2n) is 5.42. The number of rotatable bonds is 6. The van der Waals surface area contributed by atoms with Crippen LogP contribution < -0.4 is 4.72 Å². The highest BCUT2D eigenvalue weighted by molar-refractivity contribution is 7.90. The molecular weight excluding hydrogens is 296 g/mol. The van der Waals surface area contributed by atoms with Crippen molar-refractivity contribution < 1.29 is 22.4 Å². The van der Waals surface area contributed by atoms with E-state index in [2.05, 4.69) is 9.88 Å². The highest BCUT2D eigenvalue weighted by Crippen LogP contribution is 2.19. The van der Waals surface area contributed by atoms with Gasteiger partial charge >= 0.3 is 0 Å². The number of hydrogen-bond acceptors (Lipinski definition) is 6. The molecule has 0 aliphatic carbocycles. The number of sulfonamides is 1. The van der Waals surface area contributed by atoms with E-state index in [1.54, 1.807) is 0 Å². The van der Waals surface area contributed by atoms with Crippen molar-refractivity contribution in [2.75, 3.05) is 20.3 Å². The number of methoxy groups -OCH3 is 1. The first-order valence-corrected chi connectivity index (χ1v) is 8.43. The summed E-state index contributed by atoms with van der Waals surface area (Å²) in [5.41, 5.74) is 1.73. The van der Waals surface area contributed by atoms with E-state index in [4.69, 9.17) is 14.0 Å². The molecule has 0 bridgehead atoms. The van der Waals surface area contributed by atoms with Gasteiger partial charge in [0, 0.05) is 18.7 Å². The Balaban J connectivity index is 2.03. The second-order valence-corrected chi connectivity index (χ2v) is 7.35. The third-order valence-electron chi connectivity index (χ3n) is 3.74. The standard InChI is InChI=1S/C13H22N2O5S/c1-8(5-11-9(2)14-20-10(11)3)15-21(16,17)13-7-19-6-12(13)18-4/h8,12-13,15H,5-7H2,1-4H3. The molecule has 3 unspecified atom stereocenters. The summed E-state index contributed by atoms with van der Waals surface area (Å²) in [6, 6.07) is -0.259. The number of hydrogen-bond donors (Lipinski definition) is 1. The van der Waals surface area contributed by atoms with Gasteiger partial charge in [-0.3, -0.25) is 0 Å². The van der Waals surface area contributed by atoms with Crippen molar-refractivity contribution in [2.45, 2.75) is 44.6 Å². The number of nitrogens with one attached hydrogen (secondary N) is 1. The van der Waals surface area contributed by atoms with Crippen molar-refractivity contribution >= 4 is 10.0 Å². The van der Waals surface area contributed by atoms with Gasteiger partial charge in [-0.05, 0) is 27.2 Å². The number of aryl methyl sites for hydroxylation is 2. The largest absolute Gasteiger partial charge is 0.378 e. The minimum absolute atomic E-state index is 0.159. The normalized spacial score (nSPS) is 24.4. The van der Waals surface area contributed by atoms with Crippen molar-refractivity contribution in [2.24, 2.45) is 0 Å². The van der Waals surface area contributed by atoms with Gasteiger partial charge in [0.15, 0.2) is 0 Å². The topological polar surface area (TPSA) is 90.7 Å². The summed E-state index contributed by atoms with van der Waals surface area (Å²) in [5, 5.41) is 3.20. The zero-order valence-corrected chi connectivity index (χ0v) is 13.6. The Bertz CT molecular complexity index is 564. The first-order chi connectivity index (χ1) is 9.85. The maximum Gasteiger partial charge on any atom is 0.219 e. The third kappa shape index (κ3) is 3.63. The monoisotopic (exact) mass is 318 g/mol. The predicted octanol–water partition coefficient (Wildman–Crippen LogP) is 0.556. The Morgan fingerprint density at radius 3 is 2.71 bits per heavy atom. The van der Waals surface area contributed by atoms with E-state index in [9.17, 15) is 8.42 Å². The van der Waals surface area contributed by atoms with E-state index in [1.165, 1.54) is 7.11 Å². The lowest BCUT2D eigenvalue weighted by molar-refractivity contribution is 0.0828. The van der Waals surface area contributed by atoms with E-state index < -0.39 is 21.4 Å². The number of aromatic nitrogens is 1. The van der Waals surface area contributed by atoms with E-state index in [1.807, 2.05) is 20.8 Å². The van der Waals surface area contributed by atoms with Crippen molar-refractivity contribution in [3.8, 4) is 0 Å². The summed E-state index contributed by atoms with van der Waals surface area (Å²) in [6.45, 7) is 5.95. The van der Waals surface area contributed by atoms with Crippen LogP contribution in [0.3, 0.4) is 0 Å². The molecule has 1 aliphatic heterocycles. The average Bonchev–Trinajstić information content (AvgIpc) is 3.00. The average molecular weight is 318 g/mol. The Morgan fingerprint density at radius 2 is 2.14 bits per heavy atom. The SMILES string of the molecule is COC1COCC1S(=O)(=O)NC(C)Cc1c(C)noc1C. The van der Waals surface area contributed by atoms with Crippen LogP contribution in [-0.4, -0.2) is 51.3 Å². The first kappa shape index (κ1) is 16.4. The minimum Gasteiger partial charge on any atom is -0.378 e. The van der Waals surface area contributed by atoms with E-state index in [0.29, 0.717) is 13.0 Å². The van der Waals surface area contributed by atoms with Crippen LogP contribution in [0.4, 0.5) is 0 Å². The summed E-state index contributed by atoms with van der Waals surface area (Å²) in [6.07, 6.45) is 0.111. The molecule has 21 heavy (non-hydrogen) atoms. The molecule has 0 amide bonds. The molecule has 0 saturated carbocycles. The summed E-state index contributed by atoms with van der Waals surface area (Å²) < 4.78 is 43.0. The van der Waals surface area contributed by atoms with Crippen LogP contribution in [0.2, 0.25) is 0 Å². The molecule has 2 heterocycles. The van der Waals surface area contributed by atoms with Crippen LogP contribution in [0.5, 0.6) is 0 Å². The maximum absolute atomic E-state index is 12.4. The maximum atomic E-state index is 12.4. The summed E-state index contributed by atoms with van der Waals surface area (Å²) in [4.78, 5) is 0. The van der Waals surface area contributed by atoms with Gasteiger partial charge < -0.3 is 14.0 Å². The highest BCUT2D eigenvalue weighted by Gasteiger charge is 2.39. The van der Waals surface area contributed by atoms with Gasteiger partial charge in [0.25, 0.3) is 0 Å². The lowest BCUT2D eigenvalue weighted by Crippen LogP contribution is -2.45. The molecule has 1 saturated heterocycles. The molecule has 1 aromatic rings. The molecule has 1 fully saturated rings. The smallest absolute Gasteiger partial charge is 0.219 e. The van der Waals surface area contributed by atoms with Crippen molar-refractivity contribution in [3.63, 3.8) is 0 Å². The molecule has 1 aliphatic rings. The van der Waals surface area contributed by atoms with Crippen LogP contribution in [0.1, 0.15) is 23.9 Å². The van der Waals surface area contributed by atoms with Crippen LogP contribution in [0, 0.1) is 13.8 Å². The molecule has 120 valence electrons. The Hall–Kier alpha value is -0.960. The molecular formula is C13H22N2O5S. The van der Waals surface area contributed by atoms with Crippen molar-refractivity contribution in [1.82, 2.24) is 9.88 Å². The molecule has 3 atom stereocenters. The van der Waals surface area contributed by atoms with Crippen molar-refractivity contribution in [1.29, 1.82) is 0 Å². The lowest BCUT2D eigenvalue weighted by atomic mass is 10.1. The van der Waals surface area contributed by atoms with E-state index in [0.717, 1.165) is 17.0 Å². The molecule has 1 N–H and O–H groups in total. The van der Waals surface area contributed by atoms with Gasteiger partial charge in [-0.25, -0.2) is 13.1 Å². The molecule has 0 spiro atoms. The summed E-state index contributed by atoms with van der Waals surface area (Å²) in [7, 11) is -2.01. The molecule has 1 aromatic heterocycles. The van der Waals surface area contributed by atoms with E-state index >= 15 is 0 Å². The highest BCUT2D eigenvalue weighted by atomic mass is 32.2. The first-order valence-electron chi connectivity index (χ1n) is 6.88. The number of ether oxygens (including phenoxy) is 2. The zero-order valence-electron chi connectivity index (χ0n) is 12.8. The number of nitrogens with zero attached hydrogens (tertiary/aromatic N) is 1. The second kappa shape index (κ2) is 6.43. The Kier molecular flexibility index (Phi) is 5.03. The van der Waals surface area contributed by atoms with Crippen LogP contribution in [-0.2, 0) is 25.9 Å². The quantitative estimate of drug-likeness (QED) is 0.824. The summed E-state index contributed by atoms with van der Waals surface area (Å²) in [5.74, 6) is 0.720. The van der Waals surface area contributed by atoms with Crippen molar-refractivity contribution in [3.05, 3.63) is 17.0 Å². The van der Waals surface area contributed by atoms with Gasteiger partial charge in [0.1, 0.15) is 17.1 Å². The van der Waals surface area contributed by atoms with Gasteiger partial charge in [0.05, 0.1) is 18.9 Å². The Labute approximate surface area is 125 Å². The molecule has 8 heteroatoms. The fourth-order valence-corrected chi connectivity index (χ4v) is 4.22. The van der Waals surface area contributed by atoms with Crippen LogP contribution in [0.25, 0.3) is 0 Å². The zero-order chi connectivity index (χ0) is 15.6. The lowest BCUT2D eigenvalue weighted by Gasteiger charge is -2.20. The molecule has 7 nitrogen and oxygen atoms in total. The van der Waals surface area contributed by atoms with Gasteiger partial charge in [-0.15, -0.1) is 0 Å². The fourth-order valence-electron chi connectivity index (χ4n) is 2.53.